The van der Waals surface area contributed by atoms with E-state index in [2.05, 4.69) is 5.32 Å². The lowest BCUT2D eigenvalue weighted by Gasteiger charge is -2.18. The topological polar surface area (TPSA) is 78.8 Å². The Balaban J connectivity index is 2.36. The summed E-state index contributed by atoms with van der Waals surface area (Å²) in [6.07, 6.45) is 1.79. The molecule has 1 aromatic rings. The van der Waals surface area contributed by atoms with Gasteiger partial charge in [0.1, 0.15) is 12.4 Å². The normalized spacial score (nSPS) is 12.2. The van der Waals surface area contributed by atoms with E-state index in [0.29, 0.717) is 6.42 Å². The highest BCUT2D eigenvalue weighted by atomic mass is 32.2. The van der Waals surface area contributed by atoms with Crippen LogP contribution in [0.2, 0.25) is 0 Å². The Hall–Kier alpha value is -0.810. The molecule has 0 bridgehead atoms. The second kappa shape index (κ2) is 9.15. The van der Waals surface area contributed by atoms with Crippen molar-refractivity contribution in [2.24, 2.45) is 0 Å². The van der Waals surface area contributed by atoms with Crippen LogP contribution in [0.4, 0.5) is 4.79 Å². The molecule has 106 valence electrons. The fourth-order valence-electron chi connectivity index (χ4n) is 1.38. The third-order valence-corrected chi connectivity index (χ3v) is 3.96. The number of nitrogens with one attached hydrogen (secondary N) is 1. The summed E-state index contributed by atoms with van der Waals surface area (Å²) in [6, 6.07) is 9.30. The zero-order valence-corrected chi connectivity index (χ0v) is 12.4. The number of ether oxygens (including phenoxy) is 1. The molecule has 0 aliphatic heterocycles. The molecule has 5 nitrogen and oxygen atoms in total. The Labute approximate surface area is 118 Å². The van der Waals surface area contributed by atoms with Gasteiger partial charge in [-0.15, -0.1) is 0 Å². The van der Waals surface area contributed by atoms with Crippen LogP contribution in [0.15, 0.2) is 30.3 Å². The predicted molar refractivity (Wildman–Crippen MR) is 77.9 cm³/mol. The van der Waals surface area contributed by atoms with Crippen LogP contribution in [0, 0.1) is 0 Å². The molecule has 0 saturated carbocycles. The highest BCUT2D eigenvalue weighted by Gasteiger charge is 2.20. The number of rotatable bonds is 7. The fourth-order valence-corrected chi connectivity index (χ4v) is 2.60. The van der Waals surface area contributed by atoms with Crippen LogP contribution >= 0.6 is 20.1 Å². The number of hydrogen-bond donors (Lipinski definition) is 3. The van der Waals surface area contributed by atoms with E-state index in [9.17, 15) is 14.6 Å². The molecule has 3 N–H and O–H groups in total. The van der Waals surface area contributed by atoms with Crippen LogP contribution in [-0.2, 0) is 11.3 Å². The molecule has 0 spiro atoms. The van der Waals surface area contributed by atoms with Crippen LogP contribution in [0.1, 0.15) is 12.0 Å². The van der Waals surface area contributed by atoms with Crippen molar-refractivity contribution in [3.8, 4) is 0 Å². The molecule has 0 heterocycles. The van der Waals surface area contributed by atoms with Crippen LogP contribution in [0.25, 0.3) is 0 Å². The number of carbonyl (C=O) groups is 1. The minimum atomic E-state index is -2.20. The van der Waals surface area contributed by atoms with Crippen molar-refractivity contribution in [2.45, 2.75) is 18.8 Å². The second-order valence-corrected chi connectivity index (χ2v) is 6.07. The Bertz CT molecular complexity index is 377. The number of thioether (sulfide) groups is 1. The zero-order valence-electron chi connectivity index (χ0n) is 10.7. The van der Waals surface area contributed by atoms with Crippen molar-refractivity contribution in [3.05, 3.63) is 35.9 Å². The second-order valence-electron chi connectivity index (χ2n) is 3.82. The van der Waals surface area contributed by atoms with Gasteiger partial charge in [0.25, 0.3) is 0 Å². The van der Waals surface area contributed by atoms with E-state index in [-0.39, 0.29) is 6.61 Å². The molecule has 1 unspecified atom stereocenters. The van der Waals surface area contributed by atoms with Crippen molar-refractivity contribution in [1.82, 2.24) is 5.32 Å². The van der Waals surface area contributed by atoms with Gasteiger partial charge in [-0.2, -0.15) is 11.8 Å². The fraction of sp³-hybridized carbons (Fsp3) is 0.417. The lowest BCUT2D eigenvalue weighted by molar-refractivity contribution is 0.137. The zero-order chi connectivity index (χ0) is 14.1. The molecule has 0 fully saturated rings. The van der Waals surface area contributed by atoms with Crippen molar-refractivity contribution < 1.29 is 19.3 Å². The van der Waals surface area contributed by atoms with Crippen LogP contribution in [0.3, 0.4) is 0 Å². The Morgan fingerprint density at radius 3 is 2.68 bits per heavy atom. The Morgan fingerprint density at radius 1 is 1.42 bits per heavy atom. The maximum absolute atomic E-state index is 11.5. The summed E-state index contributed by atoms with van der Waals surface area (Å²) in [5.74, 6) is 0.0922. The van der Waals surface area contributed by atoms with Crippen molar-refractivity contribution in [2.75, 3.05) is 12.0 Å². The molecule has 0 aliphatic rings. The van der Waals surface area contributed by atoms with Crippen LogP contribution in [0.5, 0.6) is 0 Å². The number of amides is 1. The summed E-state index contributed by atoms with van der Waals surface area (Å²) in [6.45, 7) is 0.163. The monoisotopic (exact) mass is 303 g/mol. The first kappa shape index (κ1) is 16.2. The highest BCUT2D eigenvalue weighted by Crippen LogP contribution is 2.31. The van der Waals surface area contributed by atoms with Crippen LogP contribution < -0.4 is 5.32 Å². The van der Waals surface area contributed by atoms with Gasteiger partial charge in [0.2, 0.25) is 0 Å². The first-order valence-corrected chi connectivity index (χ1v) is 8.47. The maximum Gasteiger partial charge on any atom is 0.408 e. The third kappa shape index (κ3) is 6.78. The molecule has 0 aromatic heterocycles. The summed E-state index contributed by atoms with van der Waals surface area (Å²) < 4.78 is 5.02. The predicted octanol–water partition coefficient (Wildman–Crippen LogP) is 2.29. The standard InChI is InChI=1S/C12H18NO4PS/c1-19-8-7-11(18(15)16)13-12(14)17-9-10-5-3-2-4-6-10/h2-6,11,15-16H,7-9H2,1H3,(H,13,14). The largest absolute Gasteiger partial charge is 0.445 e. The smallest absolute Gasteiger partial charge is 0.408 e. The van der Waals surface area contributed by atoms with Gasteiger partial charge in [0.15, 0.2) is 8.38 Å². The molecular weight excluding hydrogens is 285 g/mol. The Morgan fingerprint density at radius 2 is 2.11 bits per heavy atom. The van der Waals surface area contributed by atoms with Crippen molar-refractivity contribution in [1.29, 1.82) is 0 Å². The van der Waals surface area contributed by atoms with Gasteiger partial charge in [-0.1, -0.05) is 30.3 Å². The average molecular weight is 303 g/mol. The van der Waals surface area contributed by atoms with Crippen LogP contribution in [-0.4, -0.2) is 33.7 Å². The average Bonchev–Trinajstić information content (AvgIpc) is 2.42. The van der Waals surface area contributed by atoms with E-state index >= 15 is 0 Å². The van der Waals surface area contributed by atoms with E-state index in [1.807, 2.05) is 36.6 Å². The molecule has 1 amide bonds. The quantitative estimate of drug-likeness (QED) is 0.674. The third-order valence-electron chi connectivity index (χ3n) is 2.37. The lowest BCUT2D eigenvalue weighted by Crippen LogP contribution is -2.34. The highest BCUT2D eigenvalue weighted by molar-refractivity contribution is 7.98. The van der Waals surface area contributed by atoms with E-state index < -0.39 is 20.3 Å². The first-order chi connectivity index (χ1) is 9.13. The van der Waals surface area contributed by atoms with Gasteiger partial charge in [-0.25, -0.2) is 4.79 Å². The summed E-state index contributed by atoms with van der Waals surface area (Å²) in [7, 11) is -2.20. The first-order valence-electron chi connectivity index (χ1n) is 5.76. The number of benzene rings is 1. The van der Waals surface area contributed by atoms with Gasteiger partial charge >= 0.3 is 6.09 Å². The molecule has 19 heavy (non-hydrogen) atoms. The summed E-state index contributed by atoms with van der Waals surface area (Å²) in [4.78, 5) is 30.0. The van der Waals surface area contributed by atoms with Gasteiger partial charge in [-0.05, 0) is 24.0 Å². The minimum absolute atomic E-state index is 0.163. The molecule has 1 aromatic carbocycles. The molecule has 0 saturated heterocycles. The summed E-state index contributed by atoms with van der Waals surface area (Å²) in [5.41, 5.74) is 0.883. The molecule has 0 aliphatic carbocycles. The number of alkyl carbamates (subject to hydrolysis) is 1. The number of hydrogen-bond acceptors (Lipinski definition) is 5. The van der Waals surface area contributed by atoms with Gasteiger partial charge in [-0.3, -0.25) is 0 Å². The molecule has 7 heteroatoms. The van der Waals surface area contributed by atoms with E-state index in [0.717, 1.165) is 11.3 Å². The number of carbonyl (C=O) groups excluding carboxylic acids is 1. The van der Waals surface area contributed by atoms with Gasteiger partial charge in [0, 0.05) is 0 Å². The summed E-state index contributed by atoms with van der Waals surface area (Å²) >= 11 is 1.58. The van der Waals surface area contributed by atoms with Crippen molar-refractivity contribution >= 4 is 26.2 Å². The molecule has 1 atom stereocenters. The lowest BCUT2D eigenvalue weighted by atomic mass is 10.2. The van der Waals surface area contributed by atoms with E-state index in [4.69, 9.17) is 4.74 Å². The van der Waals surface area contributed by atoms with Gasteiger partial charge < -0.3 is 19.8 Å². The summed E-state index contributed by atoms with van der Waals surface area (Å²) in [5, 5.41) is 2.48. The van der Waals surface area contributed by atoms with E-state index in [1.54, 1.807) is 11.8 Å². The van der Waals surface area contributed by atoms with Gasteiger partial charge in [0.05, 0.1) is 0 Å². The Kier molecular flexibility index (Phi) is 7.82. The SMILES string of the molecule is CSCCC(NC(=O)OCc1ccccc1)P(O)O. The van der Waals surface area contributed by atoms with Crippen molar-refractivity contribution in [3.63, 3.8) is 0 Å². The molecule has 1 rings (SSSR count). The molecular formula is C12H18NO4PS. The maximum atomic E-state index is 11.5. The van der Waals surface area contributed by atoms with E-state index in [1.165, 1.54) is 0 Å². The minimum Gasteiger partial charge on any atom is -0.445 e. The molecule has 0 radical (unpaired) electrons.